The van der Waals surface area contributed by atoms with Crippen molar-refractivity contribution in [2.45, 2.75) is 0 Å². The number of nitrogen functional groups attached to an aromatic ring is 1. The molecule has 1 aromatic carbocycles. The molecule has 0 spiro atoms. The fourth-order valence-corrected chi connectivity index (χ4v) is 1.52. The number of hydrogen-bond donors (Lipinski definition) is 2. The predicted molar refractivity (Wildman–Crippen MR) is 62.3 cm³/mol. The lowest BCUT2D eigenvalue weighted by Crippen LogP contribution is -2.05. The number of nitrogens with zero attached hydrogens (tertiary/aromatic N) is 2. The van der Waals surface area contributed by atoms with Crippen LogP contribution >= 0.6 is 0 Å². The number of nitrogens with two attached hydrogens (primary N) is 1. The Labute approximate surface area is 95.1 Å². The highest BCUT2D eigenvalue weighted by atomic mass is 16.3. The van der Waals surface area contributed by atoms with E-state index in [-0.39, 0.29) is 5.56 Å². The number of H-pyrrole nitrogens is 1. The molecule has 84 valence electrons. The van der Waals surface area contributed by atoms with Crippen molar-refractivity contribution in [2.24, 2.45) is 0 Å². The van der Waals surface area contributed by atoms with Gasteiger partial charge in [-0.1, -0.05) is 0 Å². The molecule has 0 aliphatic carbocycles. The molecular weight excluding hydrogens is 220 g/mol. The van der Waals surface area contributed by atoms with E-state index in [1.165, 1.54) is 6.07 Å². The summed E-state index contributed by atoms with van der Waals surface area (Å²) >= 11 is 0. The molecule has 0 bridgehead atoms. The highest BCUT2D eigenvalue weighted by Crippen LogP contribution is 2.23. The lowest BCUT2D eigenvalue weighted by atomic mass is 10.3. The molecule has 3 aromatic rings. The smallest absolute Gasteiger partial charge is 0.264 e. The summed E-state index contributed by atoms with van der Waals surface area (Å²) in [6, 6.07) is 8.11. The first kappa shape index (κ1) is 9.59. The van der Waals surface area contributed by atoms with Gasteiger partial charge in [0, 0.05) is 11.8 Å². The van der Waals surface area contributed by atoms with E-state index in [0.29, 0.717) is 28.4 Å². The number of oxazole rings is 1. The molecule has 0 aliphatic rings. The zero-order chi connectivity index (χ0) is 11.8. The highest BCUT2D eigenvalue weighted by molar-refractivity contribution is 5.78. The Balaban J connectivity index is 2.17. The summed E-state index contributed by atoms with van der Waals surface area (Å²) in [5, 5.41) is 6.17. The summed E-state index contributed by atoms with van der Waals surface area (Å²) in [6.45, 7) is 0. The number of rotatable bonds is 1. The van der Waals surface area contributed by atoms with Gasteiger partial charge in [-0.3, -0.25) is 4.79 Å². The SMILES string of the molecule is Nc1ccc2oc(-c3ccc(=O)[nH]n3)nc2c1. The molecule has 3 rings (SSSR count). The van der Waals surface area contributed by atoms with Gasteiger partial charge in [0.15, 0.2) is 5.58 Å². The second kappa shape index (κ2) is 3.44. The van der Waals surface area contributed by atoms with Crippen LogP contribution in [-0.2, 0) is 0 Å². The molecule has 2 aromatic heterocycles. The van der Waals surface area contributed by atoms with E-state index >= 15 is 0 Å². The molecule has 0 fully saturated rings. The molecular formula is C11H8N4O2. The van der Waals surface area contributed by atoms with Crippen LogP contribution < -0.4 is 11.3 Å². The fourth-order valence-electron chi connectivity index (χ4n) is 1.52. The van der Waals surface area contributed by atoms with Crippen LogP contribution in [0.4, 0.5) is 5.69 Å². The third-order valence-electron chi connectivity index (χ3n) is 2.31. The van der Waals surface area contributed by atoms with Crippen LogP contribution in [0.1, 0.15) is 0 Å². The average molecular weight is 228 g/mol. The number of anilines is 1. The van der Waals surface area contributed by atoms with E-state index in [0.717, 1.165) is 0 Å². The Morgan fingerprint density at radius 3 is 2.88 bits per heavy atom. The third kappa shape index (κ3) is 1.65. The van der Waals surface area contributed by atoms with Crippen LogP contribution in [0.5, 0.6) is 0 Å². The van der Waals surface area contributed by atoms with Crippen LogP contribution in [-0.4, -0.2) is 15.2 Å². The first-order chi connectivity index (χ1) is 8.22. The van der Waals surface area contributed by atoms with Gasteiger partial charge >= 0.3 is 0 Å². The maximum Gasteiger partial charge on any atom is 0.264 e. The molecule has 0 aliphatic heterocycles. The third-order valence-corrected chi connectivity index (χ3v) is 2.31. The van der Waals surface area contributed by atoms with Gasteiger partial charge < -0.3 is 10.2 Å². The summed E-state index contributed by atoms with van der Waals surface area (Å²) in [5.74, 6) is 0.349. The largest absolute Gasteiger partial charge is 0.435 e. The van der Waals surface area contributed by atoms with Gasteiger partial charge in [0.25, 0.3) is 5.56 Å². The number of hydrogen-bond acceptors (Lipinski definition) is 5. The van der Waals surface area contributed by atoms with Crippen LogP contribution in [0.25, 0.3) is 22.7 Å². The molecule has 17 heavy (non-hydrogen) atoms. The van der Waals surface area contributed by atoms with E-state index in [1.807, 2.05) is 0 Å². The molecule has 2 heterocycles. The molecule has 0 radical (unpaired) electrons. The number of nitrogens with one attached hydrogen (secondary N) is 1. The number of benzene rings is 1. The average Bonchev–Trinajstić information content (AvgIpc) is 2.72. The molecule has 0 saturated carbocycles. The van der Waals surface area contributed by atoms with Crippen molar-refractivity contribution in [3.63, 3.8) is 0 Å². The Hall–Kier alpha value is -2.63. The van der Waals surface area contributed by atoms with Crippen LogP contribution in [0, 0.1) is 0 Å². The quantitative estimate of drug-likeness (QED) is 0.609. The summed E-state index contributed by atoms with van der Waals surface area (Å²) in [4.78, 5) is 15.1. The minimum Gasteiger partial charge on any atom is -0.435 e. The second-order valence-corrected chi connectivity index (χ2v) is 3.55. The van der Waals surface area contributed by atoms with Crippen molar-refractivity contribution < 1.29 is 4.42 Å². The van der Waals surface area contributed by atoms with Gasteiger partial charge in [0.05, 0.1) is 0 Å². The van der Waals surface area contributed by atoms with E-state index in [4.69, 9.17) is 10.2 Å². The molecule has 0 atom stereocenters. The van der Waals surface area contributed by atoms with Crippen molar-refractivity contribution in [2.75, 3.05) is 5.73 Å². The Morgan fingerprint density at radius 2 is 2.12 bits per heavy atom. The number of aromatic amines is 1. The maximum atomic E-state index is 10.9. The van der Waals surface area contributed by atoms with Gasteiger partial charge in [-0.05, 0) is 24.3 Å². The summed E-state index contributed by atoms with van der Waals surface area (Å²) < 4.78 is 5.50. The lowest BCUT2D eigenvalue weighted by Gasteiger charge is -1.90. The zero-order valence-electron chi connectivity index (χ0n) is 8.68. The first-order valence-corrected chi connectivity index (χ1v) is 4.94. The van der Waals surface area contributed by atoms with Crippen molar-refractivity contribution in [3.05, 3.63) is 40.7 Å². The predicted octanol–water partition coefficient (Wildman–Crippen LogP) is 1.16. The Bertz CT molecular complexity index is 724. The highest BCUT2D eigenvalue weighted by Gasteiger charge is 2.09. The van der Waals surface area contributed by atoms with Gasteiger partial charge in [-0.25, -0.2) is 10.1 Å². The minimum atomic E-state index is -0.269. The summed E-state index contributed by atoms with van der Waals surface area (Å²) in [7, 11) is 0. The van der Waals surface area contributed by atoms with E-state index < -0.39 is 0 Å². The molecule has 0 unspecified atom stereocenters. The lowest BCUT2D eigenvalue weighted by molar-refractivity contribution is 0.614. The maximum absolute atomic E-state index is 10.9. The van der Waals surface area contributed by atoms with Crippen LogP contribution in [0.15, 0.2) is 39.5 Å². The van der Waals surface area contributed by atoms with Crippen LogP contribution in [0.3, 0.4) is 0 Å². The second-order valence-electron chi connectivity index (χ2n) is 3.55. The van der Waals surface area contributed by atoms with E-state index in [1.54, 1.807) is 24.3 Å². The fraction of sp³-hybridized carbons (Fsp3) is 0. The molecule has 0 amide bonds. The summed E-state index contributed by atoms with van der Waals surface area (Å²) in [5.41, 5.74) is 7.75. The minimum absolute atomic E-state index is 0.269. The molecule has 6 heteroatoms. The Morgan fingerprint density at radius 1 is 1.24 bits per heavy atom. The monoisotopic (exact) mass is 228 g/mol. The van der Waals surface area contributed by atoms with Crippen molar-refractivity contribution in [1.29, 1.82) is 0 Å². The zero-order valence-corrected chi connectivity index (χ0v) is 8.68. The summed E-state index contributed by atoms with van der Waals surface area (Å²) in [6.07, 6.45) is 0. The van der Waals surface area contributed by atoms with Crippen LogP contribution in [0.2, 0.25) is 0 Å². The van der Waals surface area contributed by atoms with Crippen molar-refractivity contribution in [3.8, 4) is 11.6 Å². The van der Waals surface area contributed by atoms with Gasteiger partial charge in [0.2, 0.25) is 5.89 Å². The molecule has 0 saturated heterocycles. The first-order valence-electron chi connectivity index (χ1n) is 4.94. The normalized spacial score (nSPS) is 10.8. The Kier molecular flexibility index (Phi) is 1.94. The van der Waals surface area contributed by atoms with E-state index in [9.17, 15) is 4.79 Å². The van der Waals surface area contributed by atoms with Crippen molar-refractivity contribution in [1.82, 2.24) is 15.2 Å². The van der Waals surface area contributed by atoms with Gasteiger partial charge in [-0.15, -0.1) is 0 Å². The number of aromatic nitrogens is 3. The number of fused-ring (bicyclic) bond motifs is 1. The standard InChI is InChI=1S/C11H8N4O2/c12-6-1-3-9-8(5-6)13-11(17-9)7-2-4-10(16)15-14-7/h1-5H,12H2,(H,15,16). The van der Waals surface area contributed by atoms with E-state index in [2.05, 4.69) is 15.2 Å². The van der Waals surface area contributed by atoms with Gasteiger partial charge in [-0.2, -0.15) is 5.10 Å². The van der Waals surface area contributed by atoms with Crippen molar-refractivity contribution >= 4 is 16.8 Å². The molecule has 3 N–H and O–H groups in total. The van der Waals surface area contributed by atoms with Gasteiger partial charge in [0.1, 0.15) is 11.2 Å². The molecule has 6 nitrogen and oxygen atoms in total. The topological polar surface area (TPSA) is 97.8 Å².